The van der Waals surface area contributed by atoms with E-state index in [9.17, 15) is 14.0 Å². The predicted octanol–water partition coefficient (Wildman–Crippen LogP) is 3.97. The van der Waals surface area contributed by atoms with Gasteiger partial charge in [0.1, 0.15) is 11.4 Å². The predicted molar refractivity (Wildman–Crippen MR) is 99.0 cm³/mol. The number of hydrogen-bond acceptors (Lipinski definition) is 3. The molecule has 1 saturated heterocycles. The number of hydrogen-bond donors (Lipinski definition) is 0. The molecule has 144 valence electrons. The van der Waals surface area contributed by atoms with Crippen LogP contribution >= 0.6 is 0 Å². The molecule has 5 heteroatoms. The van der Waals surface area contributed by atoms with Crippen molar-refractivity contribution in [1.29, 1.82) is 0 Å². The largest absolute Gasteiger partial charge is 0.460 e. The molecular weight excluding hydrogens is 333 g/mol. The highest BCUT2D eigenvalue weighted by molar-refractivity contribution is 5.83. The number of amides is 1. The minimum atomic E-state index is -0.542. The van der Waals surface area contributed by atoms with Crippen molar-refractivity contribution >= 4 is 11.9 Å². The fourth-order valence-electron chi connectivity index (χ4n) is 3.29. The Morgan fingerprint density at radius 1 is 1.27 bits per heavy atom. The van der Waals surface area contributed by atoms with E-state index in [1.165, 1.54) is 12.1 Å². The fourth-order valence-corrected chi connectivity index (χ4v) is 3.29. The van der Waals surface area contributed by atoms with Crippen LogP contribution in [0.1, 0.15) is 52.5 Å². The highest BCUT2D eigenvalue weighted by atomic mass is 19.1. The molecule has 0 saturated carbocycles. The molecule has 0 aromatic heterocycles. The van der Waals surface area contributed by atoms with Gasteiger partial charge in [0.05, 0.1) is 5.92 Å². The number of carbonyl (C=O) groups is 2. The molecule has 2 atom stereocenters. The highest BCUT2D eigenvalue weighted by Crippen LogP contribution is 2.23. The first-order valence-electron chi connectivity index (χ1n) is 9.39. The first kappa shape index (κ1) is 20.4. The maximum absolute atomic E-state index is 13.0. The number of likely N-dealkylation sites (tertiary alicyclic amines) is 1. The second-order valence-corrected chi connectivity index (χ2v) is 8.32. The van der Waals surface area contributed by atoms with Crippen molar-refractivity contribution in [3.63, 3.8) is 0 Å². The number of rotatable bonds is 5. The van der Waals surface area contributed by atoms with Crippen LogP contribution in [0, 0.1) is 17.7 Å². The van der Waals surface area contributed by atoms with Crippen LogP contribution < -0.4 is 0 Å². The summed E-state index contributed by atoms with van der Waals surface area (Å²) in [5.74, 6) is -0.627. The van der Waals surface area contributed by atoms with Gasteiger partial charge < -0.3 is 9.64 Å². The lowest BCUT2D eigenvalue weighted by Gasteiger charge is -2.33. The Kier molecular flexibility index (Phi) is 6.79. The Hall–Kier alpha value is -1.91. The molecule has 0 bridgehead atoms. The summed E-state index contributed by atoms with van der Waals surface area (Å²) in [7, 11) is 0. The number of halogens is 1. The second kappa shape index (κ2) is 8.65. The van der Waals surface area contributed by atoms with Crippen LogP contribution in [-0.4, -0.2) is 35.5 Å². The first-order chi connectivity index (χ1) is 12.1. The van der Waals surface area contributed by atoms with Gasteiger partial charge in [0, 0.05) is 19.5 Å². The normalized spacial score (nSPS) is 19.1. The lowest BCUT2D eigenvalue weighted by atomic mass is 9.91. The molecule has 26 heavy (non-hydrogen) atoms. The van der Waals surface area contributed by atoms with Crippen LogP contribution in [0.15, 0.2) is 24.3 Å². The number of carbonyl (C=O) groups excluding carboxylic acids is 2. The summed E-state index contributed by atoms with van der Waals surface area (Å²) in [6.45, 7) is 8.64. The average Bonchev–Trinajstić information content (AvgIpc) is 2.55. The van der Waals surface area contributed by atoms with Crippen LogP contribution in [0.4, 0.5) is 4.39 Å². The smallest absolute Gasteiger partial charge is 0.309 e. The SMILES string of the molecule is CC(CC(=O)N1CCCC(Cc2ccc(F)cc2)C1)C(=O)OC(C)(C)C. The van der Waals surface area contributed by atoms with E-state index in [-0.39, 0.29) is 24.1 Å². The van der Waals surface area contributed by atoms with Gasteiger partial charge in [0.2, 0.25) is 5.91 Å². The van der Waals surface area contributed by atoms with E-state index in [0.29, 0.717) is 12.5 Å². The van der Waals surface area contributed by atoms with E-state index in [4.69, 9.17) is 4.74 Å². The van der Waals surface area contributed by atoms with Crippen molar-refractivity contribution in [2.75, 3.05) is 13.1 Å². The third-order valence-electron chi connectivity index (χ3n) is 4.60. The van der Waals surface area contributed by atoms with Crippen molar-refractivity contribution in [2.45, 2.75) is 59.0 Å². The summed E-state index contributed by atoms with van der Waals surface area (Å²) >= 11 is 0. The standard InChI is InChI=1S/C21H30FNO3/c1-15(20(25)26-21(2,3)4)12-19(24)23-11-5-6-17(14-23)13-16-7-9-18(22)10-8-16/h7-10,15,17H,5-6,11-14H2,1-4H3. The molecule has 0 spiro atoms. The average molecular weight is 363 g/mol. The Labute approximate surface area is 155 Å². The molecule has 0 radical (unpaired) electrons. The van der Waals surface area contributed by atoms with Crippen molar-refractivity contribution in [3.05, 3.63) is 35.6 Å². The number of esters is 1. The topological polar surface area (TPSA) is 46.6 Å². The molecule has 1 aliphatic heterocycles. The molecule has 1 aromatic carbocycles. The van der Waals surface area contributed by atoms with Gasteiger partial charge >= 0.3 is 5.97 Å². The zero-order valence-corrected chi connectivity index (χ0v) is 16.3. The number of nitrogens with zero attached hydrogens (tertiary/aromatic N) is 1. The van der Waals surface area contributed by atoms with Gasteiger partial charge in [-0.3, -0.25) is 9.59 Å². The molecule has 0 N–H and O–H groups in total. The molecule has 1 fully saturated rings. The van der Waals surface area contributed by atoms with Crippen LogP contribution in [0.3, 0.4) is 0 Å². The Balaban J connectivity index is 1.86. The molecule has 4 nitrogen and oxygen atoms in total. The zero-order chi connectivity index (χ0) is 19.3. The van der Waals surface area contributed by atoms with Gasteiger partial charge in [0.25, 0.3) is 0 Å². The fraction of sp³-hybridized carbons (Fsp3) is 0.619. The van der Waals surface area contributed by atoms with E-state index in [2.05, 4.69) is 0 Å². The highest BCUT2D eigenvalue weighted by Gasteiger charge is 2.28. The quantitative estimate of drug-likeness (QED) is 0.744. The summed E-state index contributed by atoms with van der Waals surface area (Å²) in [6.07, 6.45) is 3.03. The first-order valence-corrected chi connectivity index (χ1v) is 9.39. The Bertz CT molecular complexity index is 621. The van der Waals surface area contributed by atoms with E-state index in [1.807, 2.05) is 25.7 Å². The zero-order valence-electron chi connectivity index (χ0n) is 16.3. The third-order valence-corrected chi connectivity index (χ3v) is 4.60. The monoisotopic (exact) mass is 363 g/mol. The maximum atomic E-state index is 13.0. The van der Waals surface area contributed by atoms with Gasteiger partial charge in [-0.05, 0) is 63.6 Å². The van der Waals surface area contributed by atoms with E-state index >= 15 is 0 Å². The minimum absolute atomic E-state index is 0.00663. The van der Waals surface area contributed by atoms with Gasteiger partial charge in [-0.15, -0.1) is 0 Å². The molecule has 1 heterocycles. The van der Waals surface area contributed by atoms with Crippen LogP contribution in [0.25, 0.3) is 0 Å². The Morgan fingerprint density at radius 2 is 1.92 bits per heavy atom. The van der Waals surface area contributed by atoms with Gasteiger partial charge in [-0.2, -0.15) is 0 Å². The lowest BCUT2D eigenvalue weighted by molar-refractivity contribution is -0.161. The number of ether oxygens (including phenoxy) is 1. The molecular formula is C21H30FNO3. The third kappa shape index (κ3) is 6.43. The van der Waals surface area contributed by atoms with Gasteiger partial charge in [0.15, 0.2) is 0 Å². The van der Waals surface area contributed by atoms with Crippen molar-refractivity contribution in [2.24, 2.45) is 11.8 Å². The van der Waals surface area contributed by atoms with Crippen LogP contribution in [0.2, 0.25) is 0 Å². The van der Waals surface area contributed by atoms with Crippen molar-refractivity contribution in [1.82, 2.24) is 4.90 Å². The summed E-state index contributed by atoms with van der Waals surface area (Å²) < 4.78 is 18.4. The van der Waals surface area contributed by atoms with Gasteiger partial charge in [-0.1, -0.05) is 19.1 Å². The second-order valence-electron chi connectivity index (χ2n) is 8.32. The maximum Gasteiger partial charge on any atom is 0.309 e. The van der Waals surface area contributed by atoms with E-state index in [1.54, 1.807) is 19.1 Å². The molecule has 2 unspecified atom stereocenters. The summed E-state index contributed by atoms with van der Waals surface area (Å²) in [6, 6.07) is 6.56. The molecule has 2 rings (SSSR count). The lowest BCUT2D eigenvalue weighted by Crippen LogP contribution is -2.41. The van der Waals surface area contributed by atoms with Crippen molar-refractivity contribution < 1.29 is 18.7 Å². The molecule has 0 aliphatic carbocycles. The molecule has 1 aromatic rings. The summed E-state index contributed by atoms with van der Waals surface area (Å²) in [5, 5.41) is 0. The summed E-state index contributed by atoms with van der Waals surface area (Å²) in [4.78, 5) is 26.5. The van der Waals surface area contributed by atoms with E-state index in [0.717, 1.165) is 31.4 Å². The van der Waals surface area contributed by atoms with Gasteiger partial charge in [-0.25, -0.2) is 4.39 Å². The van der Waals surface area contributed by atoms with Crippen LogP contribution in [0.5, 0.6) is 0 Å². The summed E-state index contributed by atoms with van der Waals surface area (Å²) in [5.41, 5.74) is 0.549. The number of benzene rings is 1. The minimum Gasteiger partial charge on any atom is -0.460 e. The number of piperidine rings is 1. The van der Waals surface area contributed by atoms with Crippen molar-refractivity contribution in [3.8, 4) is 0 Å². The Morgan fingerprint density at radius 3 is 2.54 bits per heavy atom. The molecule has 1 aliphatic rings. The van der Waals surface area contributed by atoms with Crippen LogP contribution in [-0.2, 0) is 20.7 Å². The van der Waals surface area contributed by atoms with E-state index < -0.39 is 11.5 Å². The molecule has 1 amide bonds.